The zero-order valence-corrected chi connectivity index (χ0v) is 11.2. The zero-order valence-electron chi connectivity index (χ0n) is 11.2. The SMILES string of the molecule is C1#CCC(N(c2ccccc2)c2ccccc2)=CC=C1. The van der Waals surface area contributed by atoms with Gasteiger partial charge in [0.1, 0.15) is 0 Å². The standard InChI is InChI=1S/C19H15N/c1-2-6-12-17(11-5-1)20(18-13-7-3-8-14-18)19-15-9-4-10-16-19/h1,3-5,7-11,13-16H,12H2. The normalized spacial score (nSPS) is 12.9. The van der Waals surface area contributed by atoms with Gasteiger partial charge < -0.3 is 4.90 Å². The van der Waals surface area contributed by atoms with Crippen molar-refractivity contribution in [2.45, 2.75) is 6.42 Å². The van der Waals surface area contributed by atoms with Crippen LogP contribution in [-0.2, 0) is 0 Å². The molecule has 0 spiro atoms. The van der Waals surface area contributed by atoms with E-state index in [0.717, 1.165) is 17.8 Å². The highest BCUT2D eigenvalue weighted by Gasteiger charge is 2.13. The number of allylic oxidation sites excluding steroid dienone is 4. The van der Waals surface area contributed by atoms with Crippen LogP contribution in [0, 0.1) is 11.8 Å². The van der Waals surface area contributed by atoms with Gasteiger partial charge >= 0.3 is 0 Å². The van der Waals surface area contributed by atoms with E-state index in [2.05, 4.69) is 71.3 Å². The summed E-state index contributed by atoms with van der Waals surface area (Å²) >= 11 is 0. The smallest absolute Gasteiger partial charge is 0.0501 e. The molecule has 0 aliphatic heterocycles. The quantitative estimate of drug-likeness (QED) is 0.722. The van der Waals surface area contributed by atoms with Crippen LogP contribution in [0.4, 0.5) is 11.4 Å². The number of anilines is 2. The molecule has 0 radical (unpaired) electrons. The van der Waals surface area contributed by atoms with Crippen molar-refractivity contribution in [2.24, 2.45) is 0 Å². The molecule has 1 aliphatic rings. The second-order valence-corrected chi connectivity index (χ2v) is 4.52. The van der Waals surface area contributed by atoms with Crippen LogP contribution < -0.4 is 4.90 Å². The number of para-hydroxylation sites is 2. The molecule has 0 heterocycles. The molecule has 0 N–H and O–H groups in total. The maximum Gasteiger partial charge on any atom is 0.0501 e. The Bertz CT molecular complexity index is 645. The predicted octanol–water partition coefficient (Wildman–Crippen LogP) is 4.67. The van der Waals surface area contributed by atoms with Gasteiger partial charge in [-0.1, -0.05) is 54.3 Å². The van der Waals surface area contributed by atoms with E-state index in [1.807, 2.05) is 24.3 Å². The molecule has 0 amide bonds. The molecule has 2 aromatic carbocycles. The first-order valence-corrected chi connectivity index (χ1v) is 6.69. The summed E-state index contributed by atoms with van der Waals surface area (Å²) in [5, 5.41) is 0. The van der Waals surface area contributed by atoms with Crippen molar-refractivity contribution in [3.8, 4) is 11.8 Å². The van der Waals surface area contributed by atoms with Crippen LogP contribution >= 0.6 is 0 Å². The van der Waals surface area contributed by atoms with Gasteiger partial charge in [0.2, 0.25) is 0 Å². The minimum absolute atomic E-state index is 0.747. The lowest BCUT2D eigenvalue weighted by Gasteiger charge is -2.26. The summed E-state index contributed by atoms with van der Waals surface area (Å²) < 4.78 is 0. The van der Waals surface area contributed by atoms with Crippen molar-refractivity contribution in [3.63, 3.8) is 0 Å². The molecule has 2 aromatic rings. The number of rotatable bonds is 3. The Labute approximate surface area is 119 Å². The van der Waals surface area contributed by atoms with Crippen LogP contribution in [0.2, 0.25) is 0 Å². The first kappa shape index (κ1) is 12.3. The van der Waals surface area contributed by atoms with Crippen LogP contribution in [0.5, 0.6) is 0 Å². The number of nitrogens with zero attached hydrogens (tertiary/aromatic N) is 1. The van der Waals surface area contributed by atoms with Gasteiger partial charge in [-0.3, -0.25) is 0 Å². The molecule has 0 atom stereocenters. The van der Waals surface area contributed by atoms with Crippen LogP contribution in [0.3, 0.4) is 0 Å². The summed E-state index contributed by atoms with van der Waals surface area (Å²) in [6.45, 7) is 0. The average molecular weight is 257 g/mol. The van der Waals surface area contributed by atoms with Gasteiger partial charge in [0.05, 0.1) is 6.42 Å². The molecule has 0 bridgehead atoms. The monoisotopic (exact) mass is 257 g/mol. The molecule has 1 heteroatoms. The maximum absolute atomic E-state index is 3.17. The molecule has 0 saturated carbocycles. The van der Waals surface area contributed by atoms with Crippen molar-refractivity contribution in [2.75, 3.05) is 4.90 Å². The van der Waals surface area contributed by atoms with E-state index >= 15 is 0 Å². The van der Waals surface area contributed by atoms with Gasteiger partial charge in [0.15, 0.2) is 0 Å². The fraction of sp³-hybridized carbons (Fsp3) is 0.0526. The maximum atomic E-state index is 3.17. The van der Waals surface area contributed by atoms with Crippen molar-refractivity contribution in [1.82, 2.24) is 0 Å². The Morgan fingerprint density at radius 1 is 0.800 bits per heavy atom. The van der Waals surface area contributed by atoms with E-state index in [1.165, 1.54) is 5.70 Å². The van der Waals surface area contributed by atoms with Gasteiger partial charge in [0.25, 0.3) is 0 Å². The van der Waals surface area contributed by atoms with Crippen LogP contribution in [0.15, 0.2) is 84.6 Å². The summed E-state index contributed by atoms with van der Waals surface area (Å²) in [6.07, 6.45) is 6.76. The van der Waals surface area contributed by atoms with E-state index in [9.17, 15) is 0 Å². The third-order valence-corrected chi connectivity index (χ3v) is 3.16. The van der Waals surface area contributed by atoms with E-state index in [1.54, 1.807) is 0 Å². The Morgan fingerprint density at radius 2 is 1.40 bits per heavy atom. The zero-order chi connectivity index (χ0) is 13.6. The molecule has 0 saturated heterocycles. The first-order valence-electron chi connectivity index (χ1n) is 6.69. The second-order valence-electron chi connectivity index (χ2n) is 4.52. The largest absolute Gasteiger partial charge is 0.313 e. The third kappa shape index (κ3) is 2.65. The Morgan fingerprint density at radius 3 is 2.00 bits per heavy atom. The molecular weight excluding hydrogens is 242 g/mol. The van der Waals surface area contributed by atoms with Gasteiger partial charge in [-0.25, -0.2) is 0 Å². The lowest BCUT2D eigenvalue weighted by molar-refractivity contribution is 1.10. The molecule has 1 aliphatic carbocycles. The minimum Gasteiger partial charge on any atom is -0.313 e. The summed E-state index contributed by atoms with van der Waals surface area (Å²) in [5.41, 5.74) is 3.49. The molecule has 20 heavy (non-hydrogen) atoms. The van der Waals surface area contributed by atoms with Gasteiger partial charge in [0, 0.05) is 17.1 Å². The molecule has 0 fully saturated rings. The van der Waals surface area contributed by atoms with E-state index in [-0.39, 0.29) is 0 Å². The highest BCUT2D eigenvalue weighted by atomic mass is 15.1. The Hall–Kier alpha value is -2.72. The van der Waals surface area contributed by atoms with Crippen LogP contribution in [0.1, 0.15) is 6.42 Å². The molecular formula is C19H15N. The summed E-state index contributed by atoms with van der Waals surface area (Å²) in [5.74, 6) is 6.20. The summed E-state index contributed by atoms with van der Waals surface area (Å²) in [4.78, 5) is 2.25. The Balaban J connectivity index is 2.08. The third-order valence-electron chi connectivity index (χ3n) is 3.16. The second kappa shape index (κ2) is 5.95. The van der Waals surface area contributed by atoms with Crippen LogP contribution in [-0.4, -0.2) is 0 Å². The number of hydrogen-bond donors (Lipinski definition) is 0. The average Bonchev–Trinajstić information content (AvgIpc) is 2.79. The lowest BCUT2D eigenvalue weighted by Crippen LogP contribution is -2.15. The molecule has 0 aromatic heterocycles. The van der Waals surface area contributed by atoms with E-state index in [4.69, 9.17) is 0 Å². The number of benzene rings is 2. The summed E-state index contributed by atoms with van der Waals surface area (Å²) in [7, 11) is 0. The molecule has 1 nitrogen and oxygen atoms in total. The Kier molecular flexibility index (Phi) is 3.66. The highest BCUT2D eigenvalue weighted by molar-refractivity contribution is 5.69. The fourth-order valence-electron chi connectivity index (χ4n) is 2.26. The number of hydrogen-bond acceptors (Lipinski definition) is 1. The van der Waals surface area contributed by atoms with Gasteiger partial charge in [-0.2, -0.15) is 0 Å². The van der Waals surface area contributed by atoms with E-state index < -0.39 is 0 Å². The molecule has 96 valence electrons. The topological polar surface area (TPSA) is 3.24 Å². The van der Waals surface area contributed by atoms with Crippen molar-refractivity contribution < 1.29 is 0 Å². The van der Waals surface area contributed by atoms with Gasteiger partial charge in [-0.15, -0.1) is 0 Å². The first-order chi connectivity index (χ1) is 9.95. The van der Waals surface area contributed by atoms with Gasteiger partial charge in [-0.05, 0) is 36.4 Å². The van der Waals surface area contributed by atoms with E-state index in [0.29, 0.717) is 0 Å². The highest BCUT2D eigenvalue weighted by Crippen LogP contribution is 2.30. The van der Waals surface area contributed by atoms with Crippen molar-refractivity contribution in [1.29, 1.82) is 0 Å². The predicted molar refractivity (Wildman–Crippen MR) is 84.6 cm³/mol. The van der Waals surface area contributed by atoms with Crippen molar-refractivity contribution >= 4 is 11.4 Å². The van der Waals surface area contributed by atoms with Crippen molar-refractivity contribution in [3.05, 3.63) is 84.6 Å². The lowest BCUT2D eigenvalue weighted by atomic mass is 10.1. The van der Waals surface area contributed by atoms with Crippen LogP contribution in [0.25, 0.3) is 0 Å². The molecule has 0 unspecified atom stereocenters. The fourth-order valence-corrected chi connectivity index (χ4v) is 2.26. The minimum atomic E-state index is 0.747. The summed E-state index contributed by atoms with van der Waals surface area (Å²) in [6, 6.07) is 20.8. The molecule has 3 rings (SSSR count).